The number of methoxy groups -OCH3 is 1. The number of hydrogen-bond acceptors (Lipinski definition) is 6. The van der Waals surface area contributed by atoms with Crippen LogP contribution in [0.4, 0.5) is 0 Å². The highest BCUT2D eigenvalue weighted by Gasteiger charge is 2.31. The first-order valence-electron chi connectivity index (χ1n) is 12.4. The van der Waals surface area contributed by atoms with E-state index in [1.165, 1.54) is 19.3 Å². The van der Waals surface area contributed by atoms with E-state index in [1.54, 1.807) is 13.3 Å². The SMILES string of the molecule is COc1ccc2ncc(Cl)c(C(N)CCC3CCN(CCSC4CCC4)CC3CC(=O)O)c2c1. The lowest BCUT2D eigenvalue weighted by molar-refractivity contribution is -0.139. The Kier molecular flexibility index (Phi) is 8.97. The minimum Gasteiger partial charge on any atom is -0.497 e. The lowest BCUT2D eigenvalue weighted by Crippen LogP contribution is -2.42. The minimum absolute atomic E-state index is 0.164. The van der Waals surface area contributed by atoms with Crippen molar-refractivity contribution in [2.75, 3.05) is 32.5 Å². The number of carbonyl (C=O) groups is 1. The zero-order valence-electron chi connectivity index (χ0n) is 19.9. The molecule has 1 aliphatic carbocycles. The first-order valence-corrected chi connectivity index (χ1v) is 13.8. The van der Waals surface area contributed by atoms with Gasteiger partial charge in [-0.3, -0.25) is 9.78 Å². The fourth-order valence-corrected chi connectivity index (χ4v) is 6.94. The number of nitrogens with two attached hydrogens (primary N) is 1. The van der Waals surface area contributed by atoms with Crippen LogP contribution in [0.3, 0.4) is 0 Å². The van der Waals surface area contributed by atoms with Crippen LogP contribution in [-0.4, -0.2) is 58.7 Å². The number of fused-ring (bicyclic) bond motifs is 1. The van der Waals surface area contributed by atoms with Gasteiger partial charge in [0.2, 0.25) is 0 Å². The Labute approximate surface area is 211 Å². The molecule has 1 aliphatic heterocycles. The van der Waals surface area contributed by atoms with Crippen molar-refractivity contribution >= 4 is 40.2 Å². The van der Waals surface area contributed by atoms with Gasteiger partial charge in [-0.15, -0.1) is 0 Å². The monoisotopic (exact) mass is 505 g/mol. The summed E-state index contributed by atoms with van der Waals surface area (Å²) in [7, 11) is 1.64. The summed E-state index contributed by atoms with van der Waals surface area (Å²) in [5.41, 5.74) is 8.41. The molecule has 2 aliphatic rings. The summed E-state index contributed by atoms with van der Waals surface area (Å²) >= 11 is 8.64. The number of rotatable bonds is 11. The Bertz CT molecular complexity index is 987. The van der Waals surface area contributed by atoms with Gasteiger partial charge < -0.3 is 20.5 Å². The van der Waals surface area contributed by atoms with Crippen LogP contribution in [0.1, 0.15) is 56.6 Å². The van der Waals surface area contributed by atoms with E-state index in [9.17, 15) is 9.90 Å². The molecule has 2 fully saturated rings. The molecule has 1 aromatic carbocycles. The predicted molar refractivity (Wildman–Crippen MR) is 140 cm³/mol. The molecule has 6 nitrogen and oxygen atoms in total. The van der Waals surface area contributed by atoms with Crippen LogP contribution < -0.4 is 10.5 Å². The molecule has 186 valence electrons. The molecule has 1 aromatic heterocycles. The Morgan fingerprint density at radius 2 is 2.18 bits per heavy atom. The van der Waals surface area contributed by atoms with Gasteiger partial charge in [-0.2, -0.15) is 11.8 Å². The third-order valence-corrected chi connectivity index (χ3v) is 9.18. The predicted octanol–water partition coefficient (Wildman–Crippen LogP) is 5.38. The number of nitrogens with zero attached hydrogens (tertiary/aromatic N) is 2. The highest BCUT2D eigenvalue weighted by atomic mass is 35.5. The topological polar surface area (TPSA) is 88.7 Å². The molecule has 4 rings (SSSR count). The van der Waals surface area contributed by atoms with Crippen molar-refractivity contribution in [2.45, 2.75) is 56.2 Å². The molecule has 2 aromatic rings. The number of carboxylic acids is 1. The Morgan fingerprint density at radius 3 is 2.88 bits per heavy atom. The van der Waals surface area contributed by atoms with E-state index in [0.29, 0.717) is 10.9 Å². The molecule has 3 unspecified atom stereocenters. The van der Waals surface area contributed by atoms with E-state index in [0.717, 1.165) is 72.1 Å². The average molecular weight is 506 g/mol. The molecule has 0 bridgehead atoms. The quantitative estimate of drug-likeness (QED) is 0.424. The molecule has 0 amide bonds. The lowest BCUT2D eigenvalue weighted by atomic mass is 9.79. The highest BCUT2D eigenvalue weighted by Crippen LogP contribution is 2.37. The van der Waals surface area contributed by atoms with E-state index >= 15 is 0 Å². The smallest absolute Gasteiger partial charge is 0.303 e. The van der Waals surface area contributed by atoms with Gasteiger partial charge in [0, 0.05) is 48.1 Å². The van der Waals surface area contributed by atoms with Crippen LogP contribution in [0.25, 0.3) is 10.9 Å². The standard InChI is InChI=1S/C26H36ClN3O3S/c1-33-19-6-8-24-21(14-19)26(22(27)15-29-24)23(28)7-5-17-9-10-30(16-18(17)13-25(31)32)11-12-34-20-3-2-4-20/h6,8,14-15,17-18,20,23H,2-5,7,9-13,16,28H2,1H3,(H,31,32). The maximum Gasteiger partial charge on any atom is 0.303 e. The molecule has 1 saturated heterocycles. The van der Waals surface area contributed by atoms with Crippen LogP contribution in [-0.2, 0) is 4.79 Å². The van der Waals surface area contributed by atoms with Gasteiger partial charge in [-0.1, -0.05) is 18.0 Å². The first kappa shape index (κ1) is 25.5. The third kappa shape index (κ3) is 6.36. The number of likely N-dealkylation sites (tertiary alicyclic amines) is 1. The van der Waals surface area contributed by atoms with Crippen LogP contribution in [0, 0.1) is 11.8 Å². The molecule has 8 heteroatoms. The van der Waals surface area contributed by atoms with Crippen LogP contribution in [0.5, 0.6) is 5.75 Å². The summed E-state index contributed by atoms with van der Waals surface area (Å²) in [6.07, 6.45) is 8.66. The molecular weight excluding hydrogens is 470 g/mol. The van der Waals surface area contributed by atoms with Crippen molar-refractivity contribution in [3.63, 3.8) is 0 Å². The van der Waals surface area contributed by atoms with Gasteiger partial charge in [0.1, 0.15) is 5.75 Å². The van der Waals surface area contributed by atoms with Gasteiger partial charge in [-0.25, -0.2) is 0 Å². The lowest BCUT2D eigenvalue weighted by Gasteiger charge is -2.39. The van der Waals surface area contributed by atoms with E-state index < -0.39 is 5.97 Å². The number of aliphatic carboxylic acids is 1. The summed E-state index contributed by atoms with van der Waals surface area (Å²) < 4.78 is 5.39. The summed E-state index contributed by atoms with van der Waals surface area (Å²) in [5.74, 6) is 1.71. The van der Waals surface area contributed by atoms with Gasteiger partial charge in [0.25, 0.3) is 0 Å². The fraction of sp³-hybridized carbons (Fsp3) is 0.615. The Hall–Kier alpha value is -1.54. The molecule has 34 heavy (non-hydrogen) atoms. The maximum absolute atomic E-state index is 11.6. The summed E-state index contributed by atoms with van der Waals surface area (Å²) in [4.78, 5) is 18.5. The molecule has 1 saturated carbocycles. The Balaban J connectivity index is 1.38. The minimum atomic E-state index is -0.708. The zero-order valence-corrected chi connectivity index (χ0v) is 21.5. The zero-order chi connectivity index (χ0) is 24.1. The average Bonchev–Trinajstić information content (AvgIpc) is 2.79. The number of hydrogen-bond donors (Lipinski definition) is 2. The largest absolute Gasteiger partial charge is 0.497 e. The van der Waals surface area contributed by atoms with Crippen LogP contribution >= 0.6 is 23.4 Å². The van der Waals surface area contributed by atoms with Crippen molar-refractivity contribution in [1.82, 2.24) is 9.88 Å². The van der Waals surface area contributed by atoms with Gasteiger partial charge in [0.05, 0.1) is 17.6 Å². The molecule has 0 spiro atoms. The number of carboxylic acid groups (broad SMARTS) is 1. The molecule has 3 atom stereocenters. The number of thioether (sulfide) groups is 1. The van der Waals surface area contributed by atoms with Gasteiger partial charge in [-0.05, 0) is 74.2 Å². The molecule has 2 heterocycles. The van der Waals surface area contributed by atoms with Crippen molar-refractivity contribution in [3.05, 3.63) is 35.0 Å². The second kappa shape index (κ2) is 11.9. The normalized spacial score (nSPS) is 22.4. The number of pyridine rings is 1. The number of piperidine rings is 1. The molecule has 3 N–H and O–H groups in total. The van der Waals surface area contributed by atoms with Crippen LogP contribution in [0.2, 0.25) is 5.02 Å². The number of aromatic nitrogens is 1. The summed E-state index contributed by atoms with van der Waals surface area (Å²) in [6.45, 7) is 2.97. The van der Waals surface area contributed by atoms with E-state index in [2.05, 4.69) is 21.6 Å². The maximum atomic E-state index is 11.6. The third-order valence-electron chi connectivity index (χ3n) is 7.51. The van der Waals surface area contributed by atoms with Crippen molar-refractivity contribution in [3.8, 4) is 5.75 Å². The number of halogens is 1. The van der Waals surface area contributed by atoms with Crippen LogP contribution in [0.15, 0.2) is 24.4 Å². The van der Waals surface area contributed by atoms with E-state index in [1.807, 2.05) is 18.2 Å². The number of benzene rings is 1. The first-order chi connectivity index (χ1) is 16.4. The summed E-state index contributed by atoms with van der Waals surface area (Å²) in [6, 6.07) is 5.50. The summed E-state index contributed by atoms with van der Waals surface area (Å²) in [5, 5.41) is 11.9. The van der Waals surface area contributed by atoms with Crippen molar-refractivity contribution < 1.29 is 14.6 Å². The van der Waals surface area contributed by atoms with Gasteiger partial charge in [0.15, 0.2) is 0 Å². The molecule has 0 radical (unpaired) electrons. The van der Waals surface area contributed by atoms with E-state index in [-0.39, 0.29) is 18.4 Å². The second-order valence-corrected chi connectivity index (χ2v) is 11.5. The van der Waals surface area contributed by atoms with Crippen molar-refractivity contribution in [1.29, 1.82) is 0 Å². The Morgan fingerprint density at radius 1 is 1.35 bits per heavy atom. The highest BCUT2D eigenvalue weighted by molar-refractivity contribution is 7.99. The fourth-order valence-electron chi connectivity index (χ4n) is 5.29. The van der Waals surface area contributed by atoms with E-state index in [4.69, 9.17) is 22.1 Å². The second-order valence-electron chi connectivity index (χ2n) is 9.72. The van der Waals surface area contributed by atoms with Gasteiger partial charge >= 0.3 is 5.97 Å². The molecular formula is C26H36ClN3O3S. The number of ether oxygens (including phenoxy) is 1. The van der Waals surface area contributed by atoms with Crippen molar-refractivity contribution in [2.24, 2.45) is 17.6 Å².